The Balaban J connectivity index is 5.82. The molecule has 0 heterocycles. The minimum atomic E-state index is -1.14. The fraction of sp³-hybridized carbons (Fsp3) is 0.839. The number of nitrogens with zero attached hydrogens (tertiary/aromatic N) is 1. The van der Waals surface area contributed by atoms with Crippen molar-refractivity contribution >= 4 is 41.7 Å². The molecule has 0 aromatic carbocycles. The van der Waals surface area contributed by atoms with Gasteiger partial charge in [0.2, 0.25) is 17.7 Å². The summed E-state index contributed by atoms with van der Waals surface area (Å²) < 4.78 is 10.2. The number of hydrogen-bond acceptors (Lipinski definition) is 9. The normalized spacial score (nSPS) is 15.0. The standard InChI is InChI=1S/C31H59N5O8S/c1-13-43-29(41)35-25(20(6)7)28(40)36(11)17-23(37)22(16-18(2)3)33-26(38)21(14-15-45-12)32-27(39)24(19(4)5)34-30(42)44-31(8,9)10/h18-25,37H,13-17H2,1-12H3,(H,32,39)(H,33,38)(H,34,42)(H,35,41)/t21-,22-,23-,24-,25+/m0/s1. The molecule has 5 N–H and O–H groups in total. The maximum Gasteiger partial charge on any atom is 0.408 e. The van der Waals surface area contributed by atoms with Crippen molar-refractivity contribution in [2.24, 2.45) is 17.8 Å². The number of nitrogens with one attached hydrogen (secondary N) is 4. The third kappa shape index (κ3) is 16.9. The molecule has 0 fully saturated rings. The van der Waals surface area contributed by atoms with Crippen LogP contribution in [0.4, 0.5) is 9.59 Å². The lowest BCUT2D eigenvalue weighted by atomic mass is 9.97. The van der Waals surface area contributed by atoms with E-state index in [2.05, 4.69) is 21.3 Å². The van der Waals surface area contributed by atoms with Crippen LogP contribution in [0.15, 0.2) is 0 Å². The van der Waals surface area contributed by atoms with Gasteiger partial charge in [-0.2, -0.15) is 11.8 Å². The minimum absolute atomic E-state index is 0.0856. The van der Waals surface area contributed by atoms with Crippen LogP contribution >= 0.6 is 11.8 Å². The predicted molar refractivity (Wildman–Crippen MR) is 177 cm³/mol. The van der Waals surface area contributed by atoms with E-state index < -0.39 is 65.8 Å². The molecule has 5 amide bonds. The molecule has 0 aliphatic carbocycles. The Morgan fingerprint density at radius 3 is 1.87 bits per heavy atom. The maximum absolute atomic E-state index is 13.6. The van der Waals surface area contributed by atoms with Gasteiger partial charge in [0, 0.05) is 13.6 Å². The summed E-state index contributed by atoms with van der Waals surface area (Å²) in [5, 5.41) is 22.1. The summed E-state index contributed by atoms with van der Waals surface area (Å²) in [6.07, 6.45) is 0.0165. The van der Waals surface area contributed by atoms with Gasteiger partial charge in [-0.1, -0.05) is 41.5 Å². The van der Waals surface area contributed by atoms with E-state index in [0.29, 0.717) is 18.6 Å². The minimum Gasteiger partial charge on any atom is -0.450 e. The average molecular weight is 662 g/mol. The first-order valence-corrected chi connectivity index (χ1v) is 17.1. The van der Waals surface area contributed by atoms with E-state index in [9.17, 15) is 29.1 Å². The molecule has 0 radical (unpaired) electrons. The number of carbonyl (C=O) groups is 5. The van der Waals surface area contributed by atoms with Gasteiger partial charge >= 0.3 is 12.2 Å². The second-order valence-electron chi connectivity index (χ2n) is 13.3. The zero-order chi connectivity index (χ0) is 35.1. The van der Waals surface area contributed by atoms with Crippen LogP contribution in [0.3, 0.4) is 0 Å². The van der Waals surface area contributed by atoms with Crippen LogP contribution in [0.2, 0.25) is 0 Å². The summed E-state index contributed by atoms with van der Waals surface area (Å²) >= 11 is 1.51. The second kappa shape index (κ2) is 20.4. The largest absolute Gasteiger partial charge is 0.450 e. The van der Waals surface area contributed by atoms with Crippen LogP contribution in [-0.2, 0) is 23.9 Å². The van der Waals surface area contributed by atoms with Crippen molar-refractivity contribution in [2.45, 2.75) is 118 Å². The van der Waals surface area contributed by atoms with Gasteiger partial charge in [-0.25, -0.2) is 9.59 Å². The number of ether oxygens (including phenoxy) is 2. The molecule has 5 atom stereocenters. The number of hydrogen-bond donors (Lipinski definition) is 5. The quantitative estimate of drug-likeness (QED) is 0.148. The van der Waals surface area contributed by atoms with Crippen LogP contribution < -0.4 is 21.3 Å². The molecule has 0 saturated heterocycles. The molecule has 262 valence electrons. The van der Waals surface area contributed by atoms with Crippen LogP contribution in [0, 0.1) is 17.8 Å². The fourth-order valence-corrected chi connectivity index (χ4v) is 4.86. The predicted octanol–water partition coefficient (Wildman–Crippen LogP) is 2.89. The van der Waals surface area contributed by atoms with Crippen molar-refractivity contribution in [3.63, 3.8) is 0 Å². The van der Waals surface area contributed by atoms with E-state index in [1.165, 1.54) is 23.7 Å². The Bertz CT molecular complexity index is 957. The molecule has 0 rings (SSSR count). The van der Waals surface area contributed by atoms with Gasteiger partial charge in [-0.15, -0.1) is 0 Å². The average Bonchev–Trinajstić information content (AvgIpc) is 2.90. The Hall–Kier alpha value is -2.74. The van der Waals surface area contributed by atoms with Crippen molar-refractivity contribution in [2.75, 3.05) is 32.2 Å². The van der Waals surface area contributed by atoms with Crippen LogP contribution in [0.1, 0.15) is 82.1 Å². The molecule has 0 bridgehead atoms. The summed E-state index contributed by atoms with van der Waals surface area (Å²) in [7, 11) is 1.52. The lowest BCUT2D eigenvalue weighted by molar-refractivity contribution is -0.135. The van der Waals surface area contributed by atoms with Gasteiger partial charge in [-0.3, -0.25) is 14.4 Å². The third-order valence-corrected chi connectivity index (χ3v) is 7.35. The Morgan fingerprint density at radius 1 is 0.844 bits per heavy atom. The summed E-state index contributed by atoms with van der Waals surface area (Å²) in [4.78, 5) is 65.9. The Kier molecular flexibility index (Phi) is 19.2. The SMILES string of the molecule is CCOC(=O)N[C@@H](C(=O)N(C)C[C@H](O)[C@H](CC(C)C)NC(=O)[C@H](CCSC)NC(=O)[C@@H](NC(=O)OC(C)(C)C)C(C)C)C(C)C. The summed E-state index contributed by atoms with van der Waals surface area (Å²) in [5.41, 5.74) is -0.749. The summed E-state index contributed by atoms with van der Waals surface area (Å²) in [6.45, 7) is 17.9. The van der Waals surface area contributed by atoms with Crippen LogP contribution in [0.5, 0.6) is 0 Å². The van der Waals surface area contributed by atoms with Gasteiger partial charge in [0.25, 0.3) is 0 Å². The number of aliphatic hydroxyl groups is 1. The number of aliphatic hydroxyl groups excluding tert-OH is 1. The van der Waals surface area contributed by atoms with E-state index >= 15 is 0 Å². The zero-order valence-corrected chi connectivity index (χ0v) is 30.1. The highest BCUT2D eigenvalue weighted by Crippen LogP contribution is 2.14. The third-order valence-electron chi connectivity index (χ3n) is 6.70. The molecular weight excluding hydrogens is 602 g/mol. The van der Waals surface area contributed by atoms with Crippen molar-refractivity contribution in [1.82, 2.24) is 26.2 Å². The van der Waals surface area contributed by atoms with Crippen LogP contribution in [0.25, 0.3) is 0 Å². The van der Waals surface area contributed by atoms with E-state index in [-0.39, 0.29) is 30.9 Å². The molecule has 0 saturated carbocycles. The van der Waals surface area contributed by atoms with Gasteiger partial charge in [0.15, 0.2) is 0 Å². The van der Waals surface area contributed by atoms with E-state index in [1.807, 2.05) is 20.1 Å². The second-order valence-corrected chi connectivity index (χ2v) is 14.3. The molecule has 0 aromatic heterocycles. The lowest BCUT2D eigenvalue weighted by Crippen LogP contribution is -2.59. The molecule has 13 nitrogen and oxygen atoms in total. The highest BCUT2D eigenvalue weighted by Gasteiger charge is 2.34. The molecular formula is C31H59N5O8S. The fourth-order valence-electron chi connectivity index (χ4n) is 4.39. The Morgan fingerprint density at radius 2 is 1.40 bits per heavy atom. The number of amides is 5. The maximum atomic E-state index is 13.6. The lowest BCUT2D eigenvalue weighted by Gasteiger charge is -2.33. The molecule has 0 aliphatic rings. The van der Waals surface area contributed by atoms with Crippen molar-refractivity contribution in [1.29, 1.82) is 0 Å². The molecule has 45 heavy (non-hydrogen) atoms. The molecule has 0 spiro atoms. The number of rotatable bonds is 18. The van der Waals surface area contributed by atoms with Gasteiger partial charge < -0.3 is 40.7 Å². The van der Waals surface area contributed by atoms with Crippen molar-refractivity contribution in [3.8, 4) is 0 Å². The highest BCUT2D eigenvalue weighted by atomic mass is 32.2. The van der Waals surface area contributed by atoms with Gasteiger partial charge in [-0.05, 0) is 70.3 Å². The van der Waals surface area contributed by atoms with Crippen molar-refractivity contribution in [3.05, 3.63) is 0 Å². The number of thioether (sulfide) groups is 1. The Labute approximate surface area is 274 Å². The molecule has 0 aliphatic heterocycles. The van der Waals surface area contributed by atoms with Crippen molar-refractivity contribution < 1.29 is 38.6 Å². The molecule has 14 heteroatoms. The van der Waals surface area contributed by atoms with Gasteiger partial charge in [0.1, 0.15) is 23.7 Å². The first-order valence-electron chi connectivity index (χ1n) is 15.7. The summed E-state index contributed by atoms with van der Waals surface area (Å²) in [5.74, 6) is -1.30. The topological polar surface area (TPSA) is 175 Å². The zero-order valence-electron chi connectivity index (χ0n) is 29.3. The first-order chi connectivity index (χ1) is 20.7. The van der Waals surface area contributed by atoms with Gasteiger partial charge in [0.05, 0.1) is 18.8 Å². The number of alkyl carbamates (subject to hydrolysis) is 2. The van der Waals surface area contributed by atoms with E-state index in [1.54, 1.807) is 55.4 Å². The number of carbonyl (C=O) groups excluding carboxylic acids is 5. The monoisotopic (exact) mass is 661 g/mol. The smallest absolute Gasteiger partial charge is 0.408 e. The highest BCUT2D eigenvalue weighted by molar-refractivity contribution is 7.98. The first kappa shape index (κ1) is 42.3. The molecule has 0 aromatic rings. The summed E-state index contributed by atoms with van der Waals surface area (Å²) in [6, 6.07) is -3.49. The van der Waals surface area contributed by atoms with E-state index in [4.69, 9.17) is 9.47 Å². The molecule has 0 unspecified atom stereocenters. The van der Waals surface area contributed by atoms with Crippen LogP contribution in [-0.4, -0.2) is 108 Å². The number of likely N-dealkylation sites (N-methyl/N-ethyl adjacent to an activating group) is 1. The van der Waals surface area contributed by atoms with E-state index in [0.717, 1.165) is 0 Å².